The van der Waals surface area contributed by atoms with Crippen LogP contribution in [0.15, 0.2) is 12.4 Å². The second kappa shape index (κ2) is 7.52. The van der Waals surface area contributed by atoms with Gasteiger partial charge in [-0.3, -0.25) is 4.79 Å². The number of ether oxygens (including phenoxy) is 1. The summed E-state index contributed by atoms with van der Waals surface area (Å²) in [6, 6.07) is 1.74. The molecule has 2 heterocycles. The molecule has 0 saturated carbocycles. The predicted molar refractivity (Wildman–Crippen MR) is 95.0 cm³/mol. The molecule has 1 aromatic heterocycles. The minimum Gasteiger partial charge on any atom is -0.459 e. The van der Waals surface area contributed by atoms with Crippen LogP contribution in [-0.2, 0) is 19.6 Å². The molecule has 0 unspecified atom stereocenters. The summed E-state index contributed by atoms with van der Waals surface area (Å²) in [5.41, 5.74) is -0.533. The van der Waals surface area contributed by atoms with Crippen molar-refractivity contribution < 1.29 is 17.9 Å². The molecule has 1 aromatic rings. The quantitative estimate of drug-likeness (QED) is 0.738. The molecule has 0 aromatic carbocycles. The molecule has 0 spiro atoms. The van der Waals surface area contributed by atoms with Gasteiger partial charge < -0.3 is 15.0 Å². The van der Waals surface area contributed by atoms with Gasteiger partial charge in [-0.25, -0.2) is 18.4 Å². The Morgan fingerprint density at radius 3 is 2.44 bits per heavy atom. The number of piperazine rings is 1. The summed E-state index contributed by atoms with van der Waals surface area (Å²) >= 11 is 0. The number of sulfonamides is 1. The van der Waals surface area contributed by atoms with Crippen LogP contribution in [0.5, 0.6) is 0 Å². The molecule has 1 saturated heterocycles. The number of rotatable bonds is 5. The molecule has 0 amide bonds. The summed E-state index contributed by atoms with van der Waals surface area (Å²) in [6.07, 6.45) is 2.63. The fourth-order valence-corrected chi connectivity index (χ4v) is 3.23. The Hall–Kier alpha value is -1.94. The van der Waals surface area contributed by atoms with E-state index in [1.807, 2.05) is 25.7 Å². The molecule has 1 N–H and O–H groups in total. The minimum absolute atomic E-state index is 0.00950. The highest BCUT2D eigenvalue weighted by Crippen LogP contribution is 2.17. The second-order valence-electron chi connectivity index (χ2n) is 6.85. The van der Waals surface area contributed by atoms with Gasteiger partial charge in [-0.2, -0.15) is 4.31 Å². The van der Waals surface area contributed by atoms with E-state index in [9.17, 15) is 13.2 Å². The molecule has 0 atom stereocenters. The zero-order chi connectivity index (χ0) is 18.7. The van der Waals surface area contributed by atoms with E-state index in [0.29, 0.717) is 37.8 Å². The topological polar surface area (TPSA) is 105 Å². The van der Waals surface area contributed by atoms with Gasteiger partial charge in [0.25, 0.3) is 0 Å². The highest BCUT2D eigenvalue weighted by molar-refractivity contribution is 7.88. The smallest absolute Gasteiger partial charge is 0.325 e. The monoisotopic (exact) mass is 371 g/mol. The number of carbonyl (C=O) groups is 1. The first kappa shape index (κ1) is 19.4. The normalized spacial score (nSPS) is 16.6. The van der Waals surface area contributed by atoms with E-state index in [1.54, 1.807) is 6.07 Å². The molecule has 9 nitrogen and oxygen atoms in total. The molecule has 10 heteroatoms. The minimum atomic E-state index is -3.16. The van der Waals surface area contributed by atoms with Gasteiger partial charge in [0.05, 0.1) is 6.26 Å². The molecule has 0 aliphatic carbocycles. The highest BCUT2D eigenvalue weighted by Gasteiger charge is 2.24. The Bertz CT molecular complexity index is 709. The van der Waals surface area contributed by atoms with Crippen LogP contribution in [0.1, 0.15) is 20.8 Å². The van der Waals surface area contributed by atoms with Crippen molar-refractivity contribution in [3.8, 4) is 0 Å². The van der Waals surface area contributed by atoms with Crippen molar-refractivity contribution in [1.29, 1.82) is 0 Å². The van der Waals surface area contributed by atoms with E-state index in [1.165, 1.54) is 16.9 Å². The van der Waals surface area contributed by atoms with Crippen molar-refractivity contribution in [2.24, 2.45) is 0 Å². The third-order valence-corrected chi connectivity index (χ3v) is 4.82. The number of aromatic nitrogens is 2. The Labute approximate surface area is 148 Å². The van der Waals surface area contributed by atoms with E-state index in [-0.39, 0.29) is 12.5 Å². The average molecular weight is 371 g/mol. The first-order valence-corrected chi connectivity index (χ1v) is 9.87. The van der Waals surface area contributed by atoms with Gasteiger partial charge in [0.15, 0.2) is 0 Å². The van der Waals surface area contributed by atoms with Crippen molar-refractivity contribution in [1.82, 2.24) is 14.3 Å². The molecule has 1 aliphatic rings. The van der Waals surface area contributed by atoms with Crippen molar-refractivity contribution in [3.63, 3.8) is 0 Å². The van der Waals surface area contributed by atoms with Gasteiger partial charge in [0.2, 0.25) is 10.0 Å². The lowest BCUT2D eigenvalue weighted by Crippen LogP contribution is -2.48. The summed E-state index contributed by atoms with van der Waals surface area (Å²) in [4.78, 5) is 22.1. The predicted octanol–water partition coefficient (Wildman–Crippen LogP) is 0.312. The number of esters is 1. The molecular formula is C15H25N5O4S. The van der Waals surface area contributed by atoms with Crippen LogP contribution in [0, 0.1) is 0 Å². The maximum atomic E-state index is 11.7. The number of hydrogen-bond donors (Lipinski definition) is 1. The van der Waals surface area contributed by atoms with E-state index in [2.05, 4.69) is 15.3 Å². The summed E-state index contributed by atoms with van der Waals surface area (Å²) in [6.45, 7) is 7.38. The zero-order valence-corrected chi connectivity index (χ0v) is 15.8. The lowest BCUT2D eigenvalue weighted by molar-refractivity contribution is -0.152. The molecule has 25 heavy (non-hydrogen) atoms. The number of nitrogens with zero attached hydrogens (tertiary/aromatic N) is 4. The first-order valence-electron chi connectivity index (χ1n) is 8.02. The van der Waals surface area contributed by atoms with Crippen molar-refractivity contribution >= 4 is 27.6 Å². The summed E-state index contributed by atoms with van der Waals surface area (Å²) < 4.78 is 29.8. The highest BCUT2D eigenvalue weighted by atomic mass is 32.2. The van der Waals surface area contributed by atoms with E-state index in [0.717, 1.165) is 0 Å². The lowest BCUT2D eigenvalue weighted by Gasteiger charge is -2.33. The lowest BCUT2D eigenvalue weighted by atomic mass is 10.2. The first-order chi connectivity index (χ1) is 11.5. The van der Waals surface area contributed by atoms with Crippen LogP contribution >= 0.6 is 0 Å². The van der Waals surface area contributed by atoms with Gasteiger partial charge in [0.1, 0.15) is 30.1 Å². The van der Waals surface area contributed by atoms with E-state index < -0.39 is 15.6 Å². The van der Waals surface area contributed by atoms with E-state index >= 15 is 0 Å². The van der Waals surface area contributed by atoms with Gasteiger partial charge in [-0.05, 0) is 20.8 Å². The molecule has 1 aliphatic heterocycles. The number of carbonyl (C=O) groups excluding carboxylic acids is 1. The van der Waals surface area contributed by atoms with Crippen LogP contribution in [0.3, 0.4) is 0 Å². The average Bonchev–Trinajstić information content (AvgIpc) is 2.51. The molecule has 0 bridgehead atoms. The Kier molecular flexibility index (Phi) is 5.83. The van der Waals surface area contributed by atoms with Crippen molar-refractivity contribution in [2.45, 2.75) is 26.4 Å². The van der Waals surface area contributed by atoms with Crippen LogP contribution in [0.25, 0.3) is 0 Å². The molecule has 1 fully saturated rings. The fourth-order valence-electron chi connectivity index (χ4n) is 2.41. The van der Waals surface area contributed by atoms with Crippen LogP contribution in [0.2, 0.25) is 0 Å². The largest absolute Gasteiger partial charge is 0.459 e. The third kappa shape index (κ3) is 6.13. The van der Waals surface area contributed by atoms with Crippen LogP contribution < -0.4 is 10.2 Å². The Morgan fingerprint density at radius 1 is 1.24 bits per heavy atom. The number of anilines is 2. The van der Waals surface area contributed by atoms with Gasteiger partial charge in [0, 0.05) is 32.2 Å². The maximum absolute atomic E-state index is 11.7. The zero-order valence-electron chi connectivity index (χ0n) is 15.0. The van der Waals surface area contributed by atoms with Crippen molar-refractivity contribution in [3.05, 3.63) is 12.4 Å². The second-order valence-corrected chi connectivity index (χ2v) is 8.83. The molecule has 0 radical (unpaired) electrons. The fraction of sp³-hybridized carbons (Fsp3) is 0.667. The Morgan fingerprint density at radius 2 is 1.88 bits per heavy atom. The summed E-state index contributed by atoms with van der Waals surface area (Å²) in [5, 5.41) is 2.92. The van der Waals surface area contributed by atoms with Crippen molar-refractivity contribution in [2.75, 3.05) is 49.2 Å². The van der Waals surface area contributed by atoms with Gasteiger partial charge in [-0.15, -0.1) is 0 Å². The Balaban J connectivity index is 1.92. The molecular weight excluding hydrogens is 346 g/mol. The maximum Gasteiger partial charge on any atom is 0.325 e. The van der Waals surface area contributed by atoms with Gasteiger partial charge in [-0.1, -0.05) is 0 Å². The van der Waals surface area contributed by atoms with Gasteiger partial charge >= 0.3 is 5.97 Å². The number of hydrogen-bond acceptors (Lipinski definition) is 8. The third-order valence-electron chi connectivity index (χ3n) is 3.52. The van der Waals surface area contributed by atoms with E-state index in [4.69, 9.17) is 4.74 Å². The van der Waals surface area contributed by atoms with Crippen LogP contribution in [-0.4, -0.2) is 73.2 Å². The summed E-state index contributed by atoms with van der Waals surface area (Å²) in [7, 11) is -3.16. The molecule has 2 rings (SSSR count). The summed E-state index contributed by atoms with van der Waals surface area (Å²) in [5.74, 6) is 0.839. The standard InChI is InChI=1S/C15H25N5O4S/c1-15(2,3)24-14(21)10-16-12-9-13(18-11-17-12)19-5-7-20(8-6-19)25(4,22)23/h9,11H,5-8,10H2,1-4H3,(H,16,17,18). The number of nitrogens with one attached hydrogen (secondary N) is 1. The van der Waals surface area contributed by atoms with Crippen LogP contribution in [0.4, 0.5) is 11.6 Å². The SMILES string of the molecule is CC(C)(C)OC(=O)CNc1cc(N2CCN(S(C)(=O)=O)CC2)ncn1. The molecule has 140 valence electrons.